The molecule has 2 unspecified atom stereocenters. The third kappa shape index (κ3) is 1.86. The first-order valence-corrected chi connectivity index (χ1v) is 7.45. The minimum Gasteiger partial charge on any atom is -0.365 e. The molecular formula is C18H26O. The molecule has 0 N–H and O–H groups in total. The van der Waals surface area contributed by atoms with E-state index in [0.717, 1.165) is 0 Å². The molecule has 4 atom stereocenters. The molecule has 0 radical (unpaired) electrons. The highest BCUT2D eigenvalue weighted by Crippen LogP contribution is 2.65. The maximum absolute atomic E-state index is 6.42. The van der Waals surface area contributed by atoms with Gasteiger partial charge in [-0.05, 0) is 22.0 Å². The Hall–Kier alpha value is -0.820. The van der Waals surface area contributed by atoms with Gasteiger partial charge in [-0.25, -0.2) is 0 Å². The second kappa shape index (κ2) is 3.85. The Labute approximate surface area is 117 Å². The van der Waals surface area contributed by atoms with Gasteiger partial charge in [0, 0.05) is 11.8 Å². The second-order valence-corrected chi connectivity index (χ2v) is 8.39. The van der Waals surface area contributed by atoms with Crippen LogP contribution in [0.25, 0.3) is 0 Å². The molecule has 1 fully saturated rings. The van der Waals surface area contributed by atoms with Crippen LogP contribution in [-0.2, 0) is 4.74 Å². The van der Waals surface area contributed by atoms with E-state index in [9.17, 15) is 0 Å². The van der Waals surface area contributed by atoms with Gasteiger partial charge < -0.3 is 4.74 Å². The number of rotatable bonds is 0. The topological polar surface area (TPSA) is 9.23 Å². The molecule has 3 rings (SSSR count). The van der Waals surface area contributed by atoms with Crippen molar-refractivity contribution < 1.29 is 4.74 Å². The van der Waals surface area contributed by atoms with Crippen molar-refractivity contribution in [2.45, 2.75) is 53.8 Å². The van der Waals surface area contributed by atoms with Crippen molar-refractivity contribution in [3.05, 3.63) is 35.4 Å². The summed E-state index contributed by atoms with van der Waals surface area (Å²) in [5.74, 6) is 1.21. The van der Waals surface area contributed by atoms with E-state index in [1.54, 1.807) is 0 Å². The summed E-state index contributed by atoms with van der Waals surface area (Å²) >= 11 is 0. The fourth-order valence-corrected chi connectivity index (χ4v) is 4.25. The van der Waals surface area contributed by atoms with Gasteiger partial charge in [0.15, 0.2) is 0 Å². The maximum atomic E-state index is 6.42. The molecule has 1 aromatic carbocycles. The highest BCUT2D eigenvalue weighted by atomic mass is 16.5. The molecule has 2 aliphatic rings. The number of hydrogen-bond donors (Lipinski definition) is 0. The summed E-state index contributed by atoms with van der Waals surface area (Å²) in [5.41, 5.74) is 3.44. The first-order chi connectivity index (χ1) is 8.71. The first kappa shape index (κ1) is 13.2. The number of fused-ring (bicyclic) bond motifs is 5. The molecule has 0 aliphatic carbocycles. The normalized spacial score (nSPS) is 33.6. The molecule has 0 saturated carbocycles. The quantitative estimate of drug-likeness (QED) is 0.626. The molecule has 1 nitrogen and oxygen atoms in total. The van der Waals surface area contributed by atoms with Gasteiger partial charge in [0.2, 0.25) is 0 Å². The van der Waals surface area contributed by atoms with Gasteiger partial charge in [-0.1, -0.05) is 65.8 Å². The SMILES string of the molecule is CC(C)(C)[C@H]1C2OC(c3ccccc32)[C@@H]1C(C)(C)C. The van der Waals surface area contributed by atoms with Crippen LogP contribution < -0.4 is 0 Å². The molecular weight excluding hydrogens is 232 g/mol. The Morgan fingerprint density at radius 3 is 1.42 bits per heavy atom. The van der Waals surface area contributed by atoms with Gasteiger partial charge in [-0.15, -0.1) is 0 Å². The van der Waals surface area contributed by atoms with Gasteiger partial charge in [-0.3, -0.25) is 0 Å². The molecule has 1 aromatic rings. The van der Waals surface area contributed by atoms with Crippen molar-refractivity contribution >= 4 is 0 Å². The lowest BCUT2D eigenvalue weighted by Crippen LogP contribution is -2.39. The summed E-state index contributed by atoms with van der Waals surface area (Å²) in [7, 11) is 0. The fraction of sp³-hybridized carbons (Fsp3) is 0.667. The van der Waals surface area contributed by atoms with E-state index < -0.39 is 0 Å². The third-order valence-electron chi connectivity index (χ3n) is 4.94. The number of ether oxygens (including phenoxy) is 1. The Bertz CT molecular complexity index is 444. The molecule has 1 heteroatoms. The predicted octanol–water partition coefficient (Wildman–Crippen LogP) is 5.14. The van der Waals surface area contributed by atoms with Gasteiger partial charge in [0.05, 0.1) is 12.2 Å². The average molecular weight is 258 g/mol. The van der Waals surface area contributed by atoms with Crippen LogP contribution in [0.2, 0.25) is 0 Å². The number of hydrogen-bond acceptors (Lipinski definition) is 1. The van der Waals surface area contributed by atoms with Crippen LogP contribution in [0.1, 0.15) is 64.9 Å². The van der Waals surface area contributed by atoms with Crippen LogP contribution >= 0.6 is 0 Å². The molecule has 2 bridgehead atoms. The monoisotopic (exact) mass is 258 g/mol. The van der Waals surface area contributed by atoms with E-state index in [-0.39, 0.29) is 10.8 Å². The van der Waals surface area contributed by atoms with E-state index >= 15 is 0 Å². The zero-order valence-electron chi connectivity index (χ0n) is 13.0. The molecule has 0 aromatic heterocycles. The van der Waals surface area contributed by atoms with Crippen molar-refractivity contribution in [3.8, 4) is 0 Å². The fourth-order valence-electron chi connectivity index (χ4n) is 4.25. The van der Waals surface area contributed by atoms with E-state index in [2.05, 4.69) is 65.8 Å². The van der Waals surface area contributed by atoms with Crippen molar-refractivity contribution in [3.63, 3.8) is 0 Å². The lowest BCUT2D eigenvalue weighted by molar-refractivity contribution is 0.0376. The lowest BCUT2D eigenvalue weighted by Gasteiger charge is -2.44. The standard InChI is InChI=1S/C18H26O/c1-17(2,3)13-14(18(4,5)6)16-12-10-8-7-9-11(12)15(13)19-16/h7-10,13-16H,1-6H3/t13-,14-,15?,16?/m1/s1. The molecule has 2 aliphatic heterocycles. The molecule has 104 valence electrons. The zero-order chi connectivity index (χ0) is 14.0. The Kier molecular flexibility index (Phi) is 2.67. The van der Waals surface area contributed by atoms with Crippen LogP contribution in [0.5, 0.6) is 0 Å². The van der Waals surface area contributed by atoms with Crippen LogP contribution in [-0.4, -0.2) is 0 Å². The Morgan fingerprint density at radius 1 is 0.737 bits per heavy atom. The van der Waals surface area contributed by atoms with E-state index in [1.807, 2.05) is 0 Å². The van der Waals surface area contributed by atoms with Crippen molar-refractivity contribution in [1.82, 2.24) is 0 Å². The van der Waals surface area contributed by atoms with Crippen LogP contribution in [0.4, 0.5) is 0 Å². The summed E-state index contributed by atoms with van der Waals surface area (Å²) in [6.45, 7) is 14.2. The van der Waals surface area contributed by atoms with Crippen molar-refractivity contribution in [1.29, 1.82) is 0 Å². The van der Waals surface area contributed by atoms with Crippen molar-refractivity contribution in [2.24, 2.45) is 22.7 Å². The predicted molar refractivity (Wildman–Crippen MR) is 78.9 cm³/mol. The first-order valence-electron chi connectivity index (χ1n) is 7.45. The van der Waals surface area contributed by atoms with E-state index in [4.69, 9.17) is 4.74 Å². The minimum absolute atomic E-state index is 0.283. The Balaban J connectivity index is 2.12. The van der Waals surface area contributed by atoms with Crippen LogP contribution in [0.15, 0.2) is 24.3 Å². The summed E-state index contributed by atoms with van der Waals surface area (Å²) in [6, 6.07) is 8.82. The lowest BCUT2D eigenvalue weighted by atomic mass is 9.58. The molecule has 19 heavy (non-hydrogen) atoms. The highest BCUT2D eigenvalue weighted by Gasteiger charge is 2.58. The van der Waals surface area contributed by atoms with E-state index in [1.165, 1.54) is 11.1 Å². The molecule has 0 amide bonds. The van der Waals surface area contributed by atoms with Crippen LogP contribution in [0.3, 0.4) is 0 Å². The van der Waals surface area contributed by atoms with Gasteiger partial charge >= 0.3 is 0 Å². The number of benzene rings is 1. The zero-order valence-corrected chi connectivity index (χ0v) is 13.0. The van der Waals surface area contributed by atoms with Crippen molar-refractivity contribution in [2.75, 3.05) is 0 Å². The van der Waals surface area contributed by atoms with Gasteiger partial charge in [0.25, 0.3) is 0 Å². The third-order valence-corrected chi connectivity index (χ3v) is 4.94. The minimum atomic E-state index is 0.283. The smallest absolute Gasteiger partial charge is 0.0874 e. The largest absolute Gasteiger partial charge is 0.365 e. The summed E-state index contributed by atoms with van der Waals surface area (Å²) in [6.07, 6.45) is 0.593. The maximum Gasteiger partial charge on any atom is 0.0874 e. The second-order valence-electron chi connectivity index (χ2n) is 8.39. The highest BCUT2D eigenvalue weighted by molar-refractivity contribution is 5.39. The molecule has 2 heterocycles. The van der Waals surface area contributed by atoms with E-state index in [0.29, 0.717) is 24.0 Å². The average Bonchev–Trinajstić information content (AvgIpc) is 2.83. The van der Waals surface area contributed by atoms with Gasteiger partial charge in [-0.2, -0.15) is 0 Å². The van der Waals surface area contributed by atoms with Crippen LogP contribution in [0, 0.1) is 22.7 Å². The molecule has 1 saturated heterocycles. The summed E-state index contributed by atoms with van der Waals surface area (Å²) < 4.78 is 6.42. The Morgan fingerprint density at radius 2 is 1.11 bits per heavy atom. The molecule has 0 spiro atoms. The summed E-state index contributed by atoms with van der Waals surface area (Å²) in [5, 5.41) is 0. The van der Waals surface area contributed by atoms with Gasteiger partial charge in [0.1, 0.15) is 0 Å². The summed E-state index contributed by atoms with van der Waals surface area (Å²) in [4.78, 5) is 0.